The topological polar surface area (TPSA) is 90.6 Å². The first kappa shape index (κ1) is 17.6. The average molecular weight is 349 g/mol. The zero-order valence-corrected chi connectivity index (χ0v) is 14.0. The average Bonchev–Trinajstić information content (AvgIpc) is 2.55. The van der Waals surface area contributed by atoms with Crippen molar-refractivity contribution >= 4 is 34.9 Å². The SMILES string of the molecule is COc1cc(Cl)c(C)cc1NC(=O)COC(=O)c1cccc(N)c1. The molecule has 0 heterocycles. The standard InChI is InChI=1S/C17H17ClN2O4/c1-10-6-14(15(23-2)8-13(10)18)20-16(21)9-24-17(22)11-4-3-5-12(19)7-11/h3-8H,9,19H2,1-2H3,(H,20,21). The number of anilines is 2. The summed E-state index contributed by atoms with van der Waals surface area (Å²) < 4.78 is 10.1. The number of nitrogens with two attached hydrogens (primary N) is 1. The molecular formula is C17H17ClN2O4. The lowest BCUT2D eigenvalue weighted by molar-refractivity contribution is -0.119. The van der Waals surface area contributed by atoms with E-state index in [0.717, 1.165) is 5.56 Å². The molecule has 0 aliphatic carbocycles. The van der Waals surface area contributed by atoms with Gasteiger partial charge in [-0.2, -0.15) is 0 Å². The van der Waals surface area contributed by atoms with Crippen LogP contribution in [0.25, 0.3) is 0 Å². The Morgan fingerprint density at radius 3 is 2.67 bits per heavy atom. The fraction of sp³-hybridized carbons (Fsp3) is 0.176. The van der Waals surface area contributed by atoms with Crippen molar-refractivity contribution < 1.29 is 19.1 Å². The molecule has 3 N–H and O–H groups in total. The highest BCUT2D eigenvalue weighted by Gasteiger charge is 2.13. The zero-order valence-electron chi connectivity index (χ0n) is 13.3. The van der Waals surface area contributed by atoms with Crippen molar-refractivity contribution in [1.82, 2.24) is 0 Å². The second-order valence-electron chi connectivity index (χ2n) is 5.05. The molecule has 0 saturated heterocycles. The van der Waals surface area contributed by atoms with Gasteiger partial charge in [-0.05, 0) is 36.8 Å². The minimum absolute atomic E-state index is 0.280. The predicted molar refractivity (Wildman–Crippen MR) is 92.5 cm³/mol. The number of carbonyl (C=O) groups excluding carboxylic acids is 2. The predicted octanol–water partition coefficient (Wildman–Crippen LogP) is 3.03. The minimum atomic E-state index is -0.628. The van der Waals surface area contributed by atoms with Gasteiger partial charge >= 0.3 is 5.97 Å². The molecule has 0 aliphatic rings. The van der Waals surface area contributed by atoms with Gasteiger partial charge in [0.1, 0.15) is 5.75 Å². The Balaban J connectivity index is 1.99. The van der Waals surface area contributed by atoms with Gasteiger partial charge < -0.3 is 20.5 Å². The molecule has 6 nitrogen and oxygen atoms in total. The van der Waals surface area contributed by atoms with Crippen LogP contribution in [0.15, 0.2) is 36.4 Å². The number of esters is 1. The first-order valence-electron chi connectivity index (χ1n) is 7.07. The molecule has 0 fully saturated rings. The molecule has 0 bridgehead atoms. The Labute approximate surface area is 144 Å². The number of rotatable bonds is 5. The van der Waals surface area contributed by atoms with E-state index >= 15 is 0 Å². The van der Waals surface area contributed by atoms with E-state index in [1.54, 1.807) is 37.3 Å². The number of halogens is 1. The monoisotopic (exact) mass is 348 g/mol. The molecule has 0 saturated carbocycles. The van der Waals surface area contributed by atoms with Crippen molar-refractivity contribution in [1.29, 1.82) is 0 Å². The minimum Gasteiger partial charge on any atom is -0.495 e. The maximum Gasteiger partial charge on any atom is 0.338 e. The summed E-state index contributed by atoms with van der Waals surface area (Å²) in [7, 11) is 1.47. The maximum absolute atomic E-state index is 12.0. The van der Waals surface area contributed by atoms with E-state index in [4.69, 9.17) is 26.8 Å². The van der Waals surface area contributed by atoms with E-state index in [-0.39, 0.29) is 5.56 Å². The Bertz CT molecular complexity index is 777. The van der Waals surface area contributed by atoms with Crippen LogP contribution < -0.4 is 15.8 Å². The van der Waals surface area contributed by atoms with Crippen LogP contribution in [0.4, 0.5) is 11.4 Å². The van der Waals surface area contributed by atoms with Gasteiger partial charge in [-0.25, -0.2) is 4.79 Å². The third-order valence-electron chi connectivity index (χ3n) is 3.21. The van der Waals surface area contributed by atoms with Crippen LogP contribution >= 0.6 is 11.6 Å². The van der Waals surface area contributed by atoms with Gasteiger partial charge in [0.2, 0.25) is 0 Å². The van der Waals surface area contributed by atoms with Crippen LogP contribution in [-0.2, 0) is 9.53 Å². The number of nitrogens with one attached hydrogen (secondary N) is 1. The Morgan fingerprint density at radius 1 is 1.25 bits per heavy atom. The Hall–Kier alpha value is -2.73. The van der Waals surface area contributed by atoms with Gasteiger partial charge in [0.15, 0.2) is 6.61 Å². The molecule has 2 aromatic rings. The van der Waals surface area contributed by atoms with Gasteiger partial charge in [-0.15, -0.1) is 0 Å². The number of amides is 1. The smallest absolute Gasteiger partial charge is 0.338 e. The van der Waals surface area contributed by atoms with E-state index in [1.165, 1.54) is 13.2 Å². The molecule has 0 aliphatic heterocycles. The second-order valence-corrected chi connectivity index (χ2v) is 5.46. The van der Waals surface area contributed by atoms with Gasteiger partial charge in [0.25, 0.3) is 5.91 Å². The fourth-order valence-electron chi connectivity index (χ4n) is 2.00. The summed E-state index contributed by atoms with van der Waals surface area (Å²) in [6.07, 6.45) is 0. The highest BCUT2D eigenvalue weighted by molar-refractivity contribution is 6.31. The van der Waals surface area contributed by atoms with E-state index in [0.29, 0.717) is 22.1 Å². The highest BCUT2D eigenvalue weighted by atomic mass is 35.5. The number of benzene rings is 2. The van der Waals surface area contributed by atoms with E-state index in [9.17, 15) is 9.59 Å². The van der Waals surface area contributed by atoms with Crippen LogP contribution in [-0.4, -0.2) is 25.6 Å². The lowest BCUT2D eigenvalue weighted by Gasteiger charge is -2.12. The largest absolute Gasteiger partial charge is 0.495 e. The third-order valence-corrected chi connectivity index (χ3v) is 3.62. The molecule has 2 rings (SSSR count). The summed E-state index contributed by atoms with van der Waals surface area (Å²) in [6, 6.07) is 9.60. The number of carbonyl (C=O) groups is 2. The molecule has 0 radical (unpaired) electrons. The van der Waals surface area contributed by atoms with Crippen molar-refractivity contribution in [2.45, 2.75) is 6.92 Å². The number of aryl methyl sites for hydroxylation is 1. The van der Waals surface area contributed by atoms with Gasteiger partial charge in [-0.1, -0.05) is 17.7 Å². The van der Waals surface area contributed by atoms with Crippen LogP contribution in [0.3, 0.4) is 0 Å². The first-order valence-corrected chi connectivity index (χ1v) is 7.45. The Kier molecular flexibility index (Phi) is 5.65. The van der Waals surface area contributed by atoms with Crippen LogP contribution in [0, 0.1) is 6.92 Å². The molecule has 7 heteroatoms. The van der Waals surface area contributed by atoms with Crippen molar-refractivity contribution in [2.24, 2.45) is 0 Å². The number of hydrogen-bond donors (Lipinski definition) is 2. The van der Waals surface area contributed by atoms with Crippen molar-refractivity contribution in [3.8, 4) is 5.75 Å². The van der Waals surface area contributed by atoms with Crippen LogP contribution in [0.1, 0.15) is 15.9 Å². The normalized spacial score (nSPS) is 10.1. The number of hydrogen-bond acceptors (Lipinski definition) is 5. The zero-order chi connectivity index (χ0) is 17.7. The Morgan fingerprint density at radius 2 is 2.00 bits per heavy atom. The molecule has 1 amide bonds. The van der Waals surface area contributed by atoms with Gasteiger partial charge in [0, 0.05) is 16.8 Å². The third kappa shape index (κ3) is 4.39. The maximum atomic E-state index is 12.0. The lowest BCUT2D eigenvalue weighted by atomic mass is 10.2. The summed E-state index contributed by atoms with van der Waals surface area (Å²) in [4.78, 5) is 23.9. The van der Waals surface area contributed by atoms with Crippen molar-refractivity contribution in [3.63, 3.8) is 0 Å². The lowest BCUT2D eigenvalue weighted by Crippen LogP contribution is -2.21. The van der Waals surface area contributed by atoms with Crippen molar-refractivity contribution in [2.75, 3.05) is 24.8 Å². The summed E-state index contributed by atoms with van der Waals surface area (Å²) in [5.41, 5.74) is 7.55. The summed E-state index contributed by atoms with van der Waals surface area (Å²) in [5.74, 6) is -0.704. The molecule has 0 aromatic heterocycles. The number of methoxy groups -OCH3 is 1. The van der Waals surface area contributed by atoms with E-state index in [1.807, 2.05) is 0 Å². The summed E-state index contributed by atoms with van der Waals surface area (Å²) >= 11 is 6.01. The summed E-state index contributed by atoms with van der Waals surface area (Å²) in [5, 5.41) is 3.15. The molecule has 24 heavy (non-hydrogen) atoms. The molecule has 0 atom stereocenters. The van der Waals surface area contributed by atoms with Crippen LogP contribution in [0.2, 0.25) is 5.02 Å². The highest BCUT2D eigenvalue weighted by Crippen LogP contribution is 2.30. The molecule has 0 unspecified atom stereocenters. The van der Waals surface area contributed by atoms with Crippen molar-refractivity contribution in [3.05, 3.63) is 52.5 Å². The fourth-order valence-corrected chi connectivity index (χ4v) is 2.15. The van der Waals surface area contributed by atoms with Crippen LogP contribution in [0.5, 0.6) is 5.75 Å². The number of nitrogen functional groups attached to an aromatic ring is 1. The number of ether oxygens (including phenoxy) is 2. The molecule has 0 spiro atoms. The van der Waals surface area contributed by atoms with E-state index < -0.39 is 18.5 Å². The van der Waals surface area contributed by atoms with Gasteiger partial charge in [-0.3, -0.25) is 4.79 Å². The molecule has 2 aromatic carbocycles. The summed E-state index contributed by atoms with van der Waals surface area (Å²) in [6.45, 7) is 1.37. The quantitative estimate of drug-likeness (QED) is 0.640. The first-order chi connectivity index (χ1) is 11.4. The molecular weight excluding hydrogens is 332 g/mol. The second kappa shape index (κ2) is 7.70. The molecule has 126 valence electrons. The van der Waals surface area contributed by atoms with Gasteiger partial charge in [0.05, 0.1) is 18.4 Å². The van der Waals surface area contributed by atoms with E-state index in [2.05, 4.69) is 5.32 Å².